The van der Waals surface area contributed by atoms with Crippen molar-refractivity contribution < 1.29 is 19.4 Å². The van der Waals surface area contributed by atoms with Gasteiger partial charge < -0.3 is 9.84 Å². The van der Waals surface area contributed by atoms with Gasteiger partial charge in [0.25, 0.3) is 0 Å². The Kier molecular flexibility index (Phi) is 9.03. The maximum absolute atomic E-state index is 13.4. The third-order valence-corrected chi connectivity index (χ3v) is 6.57. The summed E-state index contributed by atoms with van der Waals surface area (Å²) in [6.07, 6.45) is 8.19. The quantitative estimate of drug-likeness (QED) is 0.280. The molecule has 7 nitrogen and oxygen atoms in total. The molecule has 192 valence electrons. The Morgan fingerprint density at radius 1 is 1.08 bits per heavy atom. The van der Waals surface area contributed by atoms with Crippen molar-refractivity contribution >= 4 is 17.6 Å². The number of hydrazone groups is 1. The largest absolute Gasteiger partial charge is 0.482 e. The molecule has 4 rings (SSSR count). The summed E-state index contributed by atoms with van der Waals surface area (Å²) in [6, 6.07) is 19.5. The number of hydrogen-bond donors (Lipinski definition) is 1. The van der Waals surface area contributed by atoms with Crippen LogP contribution in [0.1, 0.15) is 67.2 Å². The highest BCUT2D eigenvalue weighted by molar-refractivity contribution is 6.12. The summed E-state index contributed by atoms with van der Waals surface area (Å²) in [7, 11) is 0. The molecule has 2 aromatic carbocycles. The fourth-order valence-electron chi connectivity index (χ4n) is 4.86. The first-order valence-electron chi connectivity index (χ1n) is 12.9. The van der Waals surface area contributed by atoms with Gasteiger partial charge in [0.15, 0.2) is 6.61 Å². The van der Waals surface area contributed by atoms with Gasteiger partial charge in [-0.25, -0.2) is 9.80 Å². The highest BCUT2D eigenvalue weighted by atomic mass is 16.5. The monoisotopic (exact) mass is 499 g/mol. The molecule has 0 saturated carbocycles. The molecule has 3 aromatic rings. The lowest BCUT2D eigenvalue weighted by Crippen LogP contribution is -2.29. The van der Waals surface area contributed by atoms with E-state index in [1.807, 2.05) is 61.5 Å². The molecule has 1 N–H and O–H groups in total. The molecular formula is C30H33N3O4. The van der Waals surface area contributed by atoms with Crippen molar-refractivity contribution in [3.63, 3.8) is 0 Å². The number of ether oxygens (including phenoxy) is 1. The van der Waals surface area contributed by atoms with Crippen molar-refractivity contribution in [2.75, 3.05) is 13.2 Å². The Morgan fingerprint density at radius 2 is 1.89 bits per heavy atom. The van der Waals surface area contributed by atoms with Crippen LogP contribution >= 0.6 is 0 Å². The number of carboxylic acids is 1. The maximum atomic E-state index is 13.4. The SMILES string of the molecule is CCCN(N=C(c1ccccc1)c1cccnc1)C(=O)CCC1CCCc2c(OCC(=O)O)cccc21. The lowest BCUT2D eigenvalue weighted by molar-refractivity contribution is -0.139. The molecule has 1 amide bonds. The number of carbonyl (C=O) groups is 2. The van der Waals surface area contributed by atoms with Crippen LogP contribution in [0, 0.1) is 0 Å². The zero-order valence-electron chi connectivity index (χ0n) is 21.2. The van der Waals surface area contributed by atoms with Crippen molar-refractivity contribution in [2.45, 2.75) is 51.4 Å². The van der Waals surface area contributed by atoms with Gasteiger partial charge in [0.1, 0.15) is 5.75 Å². The van der Waals surface area contributed by atoms with E-state index in [-0.39, 0.29) is 18.4 Å². The fourth-order valence-corrected chi connectivity index (χ4v) is 4.86. The van der Waals surface area contributed by atoms with Gasteiger partial charge in [-0.15, -0.1) is 0 Å². The first-order valence-corrected chi connectivity index (χ1v) is 12.9. The summed E-state index contributed by atoms with van der Waals surface area (Å²) in [4.78, 5) is 28.7. The molecule has 0 saturated heterocycles. The van der Waals surface area contributed by atoms with Crippen molar-refractivity contribution in [1.82, 2.24) is 9.99 Å². The summed E-state index contributed by atoms with van der Waals surface area (Å²) in [6.45, 7) is 2.21. The molecule has 0 bridgehead atoms. The van der Waals surface area contributed by atoms with E-state index in [9.17, 15) is 9.59 Å². The predicted octanol–water partition coefficient (Wildman–Crippen LogP) is 5.44. The first-order chi connectivity index (χ1) is 18.1. The van der Waals surface area contributed by atoms with Crippen LogP contribution in [-0.2, 0) is 16.0 Å². The van der Waals surface area contributed by atoms with Gasteiger partial charge in [0, 0.05) is 36.5 Å². The van der Waals surface area contributed by atoms with Crippen LogP contribution in [0.15, 0.2) is 78.2 Å². The molecule has 1 unspecified atom stereocenters. The van der Waals surface area contributed by atoms with E-state index < -0.39 is 5.97 Å². The molecule has 0 aliphatic heterocycles. The van der Waals surface area contributed by atoms with Gasteiger partial charge in [-0.1, -0.05) is 49.4 Å². The Labute approximate surface area is 217 Å². The Bertz CT molecular complexity index is 1190. The number of benzene rings is 2. The molecule has 1 aliphatic rings. The lowest BCUT2D eigenvalue weighted by Gasteiger charge is -2.27. The third kappa shape index (κ3) is 6.82. The molecular weight excluding hydrogens is 466 g/mol. The number of hydrogen-bond acceptors (Lipinski definition) is 5. The van der Waals surface area contributed by atoms with Crippen LogP contribution < -0.4 is 4.74 Å². The van der Waals surface area contributed by atoms with Crippen molar-refractivity contribution in [2.24, 2.45) is 5.10 Å². The summed E-state index contributed by atoms with van der Waals surface area (Å²) in [5, 5.41) is 15.5. The number of nitrogens with zero attached hydrogens (tertiary/aromatic N) is 3. The lowest BCUT2D eigenvalue weighted by atomic mass is 9.80. The van der Waals surface area contributed by atoms with Gasteiger partial charge in [0.05, 0.1) is 5.71 Å². The molecule has 0 fully saturated rings. The van der Waals surface area contributed by atoms with E-state index in [4.69, 9.17) is 14.9 Å². The van der Waals surface area contributed by atoms with Crippen LogP contribution in [0.4, 0.5) is 0 Å². The Balaban J connectivity index is 1.53. The number of carboxylic acid groups (broad SMARTS) is 1. The second-order valence-corrected chi connectivity index (χ2v) is 9.21. The van der Waals surface area contributed by atoms with E-state index in [1.165, 1.54) is 0 Å². The van der Waals surface area contributed by atoms with Crippen LogP contribution in [0.25, 0.3) is 0 Å². The summed E-state index contributed by atoms with van der Waals surface area (Å²) in [5.74, 6) is -0.143. The van der Waals surface area contributed by atoms with Crippen molar-refractivity contribution in [3.8, 4) is 5.75 Å². The van der Waals surface area contributed by atoms with Crippen LogP contribution in [0.3, 0.4) is 0 Å². The second kappa shape index (κ2) is 12.8. The van der Waals surface area contributed by atoms with Crippen LogP contribution in [0.2, 0.25) is 0 Å². The zero-order valence-corrected chi connectivity index (χ0v) is 21.2. The Morgan fingerprint density at radius 3 is 2.62 bits per heavy atom. The molecule has 1 heterocycles. The van der Waals surface area contributed by atoms with E-state index in [2.05, 4.69) is 11.1 Å². The molecule has 37 heavy (non-hydrogen) atoms. The summed E-state index contributed by atoms with van der Waals surface area (Å²) >= 11 is 0. The minimum Gasteiger partial charge on any atom is -0.482 e. The fraction of sp³-hybridized carbons (Fsp3) is 0.333. The summed E-state index contributed by atoms with van der Waals surface area (Å²) in [5.41, 5.74) is 4.74. The number of fused-ring (bicyclic) bond motifs is 1. The van der Waals surface area contributed by atoms with Gasteiger partial charge in [-0.2, -0.15) is 5.10 Å². The Hall–Kier alpha value is -4.00. The molecule has 1 aliphatic carbocycles. The number of aliphatic carboxylic acids is 1. The van der Waals surface area contributed by atoms with E-state index in [0.29, 0.717) is 25.1 Å². The maximum Gasteiger partial charge on any atom is 0.341 e. The molecule has 1 aromatic heterocycles. The topological polar surface area (TPSA) is 92.1 Å². The third-order valence-electron chi connectivity index (χ3n) is 6.57. The van der Waals surface area contributed by atoms with E-state index >= 15 is 0 Å². The van der Waals surface area contributed by atoms with Gasteiger partial charge in [0.2, 0.25) is 5.91 Å². The van der Waals surface area contributed by atoms with Crippen molar-refractivity contribution in [3.05, 3.63) is 95.3 Å². The molecule has 7 heteroatoms. The minimum absolute atomic E-state index is 0.00965. The number of pyridine rings is 1. The number of aromatic nitrogens is 1. The number of amides is 1. The standard InChI is InChI=1S/C30H33N3O4/c1-2-19-33(32-30(23-9-4-3-5-10-23)24-12-8-18-31-20-24)28(34)17-16-22-11-6-14-26-25(22)13-7-15-27(26)37-21-29(35)36/h3-5,7-10,12-13,15,18,20,22H,2,6,11,14,16-17,19,21H2,1H3,(H,35,36). The van der Waals surface area contributed by atoms with E-state index in [1.54, 1.807) is 17.4 Å². The van der Waals surface area contributed by atoms with Gasteiger partial charge >= 0.3 is 5.97 Å². The second-order valence-electron chi connectivity index (χ2n) is 9.21. The summed E-state index contributed by atoms with van der Waals surface area (Å²) < 4.78 is 5.54. The van der Waals surface area contributed by atoms with Crippen LogP contribution in [0.5, 0.6) is 5.75 Å². The van der Waals surface area contributed by atoms with Gasteiger partial charge in [-0.05, 0) is 67.3 Å². The van der Waals surface area contributed by atoms with Crippen LogP contribution in [-0.4, -0.2) is 45.8 Å². The highest BCUT2D eigenvalue weighted by Crippen LogP contribution is 2.39. The zero-order chi connectivity index (χ0) is 26.0. The molecule has 1 atom stereocenters. The average molecular weight is 500 g/mol. The smallest absolute Gasteiger partial charge is 0.341 e. The van der Waals surface area contributed by atoms with Gasteiger partial charge in [-0.3, -0.25) is 9.78 Å². The van der Waals surface area contributed by atoms with E-state index in [0.717, 1.165) is 53.6 Å². The first kappa shape index (κ1) is 26.1. The van der Waals surface area contributed by atoms with Crippen molar-refractivity contribution in [1.29, 1.82) is 0 Å². The number of rotatable bonds is 11. The molecule has 0 spiro atoms. The average Bonchev–Trinajstić information content (AvgIpc) is 2.93. The normalized spacial score (nSPS) is 15.1. The minimum atomic E-state index is -0.992. The molecule has 0 radical (unpaired) electrons. The predicted molar refractivity (Wildman–Crippen MR) is 143 cm³/mol. The highest BCUT2D eigenvalue weighted by Gasteiger charge is 2.25. The number of carbonyl (C=O) groups excluding carboxylic acids is 1.